The lowest BCUT2D eigenvalue weighted by atomic mass is 10.1. The van der Waals surface area contributed by atoms with Crippen LogP contribution in [0.2, 0.25) is 5.02 Å². The predicted molar refractivity (Wildman–Crippen MR) is 105 cm³/mol. The summed E-state index contributed by atoms with van der Waals surface area (Å²) in [5.41, 5.74) is 0.906. The zero-order valence-corrected chi connectivity index (χ0v) is 17.2. The highest BCUT2D eigenvalue weighted by Crippen LogP contribution is 2.30. The predicted octanol–water partition coefficient (Wildman–Crippen LogP) is 2.74. The van der Waals surface area contributed by atoms with Crippen LogP contribution < -0.4 is 9.64 Å². The fourth-order valence-electron chi connectivity index (χ4n) is 3.25. The molecule has 9 heteroatoms. The molecule has 0 N–H and O–H groups in total. The average molecular weight is 411 g/mol. The second kappa shape index (κ2) is 8.00. The van der Waals surface area contributed by atoms with Gasteiger partial charge in [-0.2, -0.15) is 4.31 Å². The van der Waals surface area contributed by atoms with Crippen molar-refractivity contribution in [2.45, 2.75) is 30.7 Å². The molecule has 0 amide bonds. The molecule has 1 aromatic heterocycles. The highest BCUT2D eigenvalue weighted by Gasteiger charge is 2.31. The van der Waals surface area contributed by atoms with E-state index < -0.39 is 10.0 Å². The van der Waals surface area contributed by atoms with Crippen LogP contribution in [0.1, 0.15) is 18.5 Å². The van der Waals surface area contributed by atoms with Gasteiger partial charge in [0.05, 0.1) is 17.0 Å². The van der Waals surface area contributed by atoms with Crippen LogP contribution in [0.5, 0.6) is 5.75 Å². The lowest BCUT2D eigenvalue weighted by Crippen LogP contribution is -2.45. The van der Waals surface area contributed by atoms with Crippen molar-refractivity contribution in [1.82, 2.24) is 14.3 Å². The van der Waals surface area contributed by atoms with Crippen LogP contribution >= 0.6 is 11.6 Å². The fraction of sp³-hybridized carbons (Fsp3) is 0.444. The molecular formula is C18H23ClN4O3S. The van der Waals surface area contributed by atoms with Crippen molar-refractivity contribution in [2.75, 3.05) is 32.1 Å². The number of aryl methyl sites for hydroxylation is 1. The molecule has 146 valence electrons. The number of piperidine rings is 1. The molecule has 0 radical (unpaired) electrons. The van der Waals surface area contributed by atoms with Gasteiger partial charge in [-0.05, 0) is 38.0 Å². The van der Waals surface area contributed by atoms with Gasteiger partial charge in [-0.3, -0.25) is 0 Å². The summed E-state index contributed by atoms with van der Waals surface area (Å²) >= 11 is 6.09. The van der Waals surface area contributed by atoms with Gasteiger partial charge < -0.3 is 9.64 Å². The van der Waals surface area contributed by atoms with Crippen molar-refractivity contribution < 1.29 is 13.2 Å². The Morgan fingerprint density at radius 1 is 1.22 bits per heavy atom. The van der Waals surface area contributed by atoms with E-state index in [9.17, 15) is 8.42 Å². The minimum Gasteiger partial charge on any atom is -0.495 e. The number of ether oxygens (including phenoxy) is 1. The number of sulfonamides is 1. The summed E-state index contributed by atoms with van der Waals surface area (Å²) < 4.78 is 32.5. The Morgan fingerprint density at radius 3 is 2.52 bits per heavy atom. The highest BCUT2D eigenvalue weighted by atomic mass is 35.5. The summed E-state index contributed by atoms with van der Waals surface area (Å²) in [6.07, 6.45) is 3.00. The first-order chi connectivity index (χ1) is 12.8. The minimum atomic E-state index is -3.58. The standard InChI is InChI=1S/C18H23ClN4O3S/c1-13-10-18(21-12-20-13)22(2)14-6-8-23(9-7-14)27(24,25)15-4-5-17(26-3)16(19)11-15/h4-5,10-12,14H,6-9H2,1-3H3. The first-order valence-corrected chi connectivity index (χ1v) is 10.5. The SMILES string of the molecule is COc1ccc(S(=O)(=O)N2CCC(N(C)c3cc(C)ncn3)CC2)cc1Cl. The number of benzene rings is 1. The normalized spacial score (nSPS) is 16.3. The number of hydrogen-bond donors (Lipinski definition) is 0. The molecule has 1 fully saturated rings. The van der Waals surface area contributed by atoms with Crippen molar-refractivity contribution in [2.24, 2.45) is 0 Å². The number of hydrogen-bond acceptors (Lipinski definition) is 6. The molecule has 0 atom stereocenters. The Hall–Kier alpha value is -1.90. The molecule has 0 aliphatic carbocycles. The van der Waals surface area contributed by atoms with Gasteiger partial charge in [0.15, 0.2) is 0 Å². The quantitative estimate of drug-likeness (QED) is 0.754. The summed E-state index contributed by atoms with van der Waals surface area (Å²) in [6.45, 7) is 2.82. The van der Waals surface area contributed by atoms with Crippen LogP contribution in [0.4, 0.5) is 5.82 Å². The van der Waals surface area contributed by atoms with Gasteiger partial charge in [-0.25, -0.2) is 18.4 Å². The topological polar surface area (TPSA) is 75.6 Å². The van der Waals surface area contributed by atoms with E-state index in [1.54, 1.807) is 12.4 Å². The summed E-state index contributed by atoms with van der Waals surface area (Å²) in [5.74, 6) is 1.31. The van der Waals surface area contributed by atoms with Gasteiger partial charge in [0.25, 0.3) is 0 Å². The van der Waals surface area contributed by atoms with Crippen LogP contribution in [-0.4, -0.2) is 56.0 Å². The first-order valence-electron chi connectivity index (χ1n) is 8.68. The molecule has 1 aliphatic rings. The summed E-state index contributed by atoms with van der Waals surface area (Å²) in [5, 5.41) is 0.285. The Kier molecular flexibility index (Phi) is 5.88. The molecule has 2 heterocycles. The van der Waals surface area contributed by atoms with Crippen LogP contribution in [0, 0.1) is 6.92 Å². The molecule has 0 saturated carbocycles. The first kappa shape index (κ1) is 19.9. The second-order valence-electron chi connectivity index (χ2n) is 6.56. The maximum absolute atomic E-state index is 12.9. The van der Waals surface area contributed by atoms with Gasteiger partial charge in [0.1, 0.15) is 17.9 Å². The van der Waals surface area contributed by atoms with E-state index in [0.717, 1.165) is 24.4 Å². The van der Waals surface area contributed by atoms with Gasteiger partial charge in [0.2, 0.25) is 10.0 Å². The Balaban J connectivity index is 1.70. The number of rotatable bonds is 5. The lowest BCUT2D eigenvalue weighted by Gasteiger charge is -2.36. The second-order valence-corrected chi connectivity index (χ2v) is 8.91. The summed E-state index contributed by atoms with van der Waals surface area (Å²) in [6, 6.07) is 6.71. The number of anilines is 1. The molecule has 7 nitrogen and oxygen atoms in total. The Morgan fingerprint density at radius 2 is 1.93 bits per heavy atom. The zero-order valence-electron chi connectivity index (χ0n) is 15.6. The van der Waals surface area contributed by atoms with Crippen LogP contribution in [0.3, 0.4) is 0 Å². The monoisotopic (exact) mass is 410 g/mol. The summed E-state index contributed by atoms with van der Waals surface area (Å²) in [4.78, 5) is 10.7. The van der Waals surface area contributed by atoms with Crippen LogP contribution in [0.25, 0.3) is 0 Å². The molecular weight excluding hydrogens is 388 g/mol. The van der Waals surface area contributed by atoms with E-state index in [1.165, 1.54) is 23.5 Å². The molecule has 1 aromatic carbocycles. The minimum absolute atomic E-state index is 0.187. The van der Waals surface area contributed by atoms with E-state index in [-0.39, 0.29) is 16.0 Å². The lowest BCUT2D eigenvalue weighted by molar-refractivity contribution is 0.314. The third-order valence-electron chi connectivity index (χ3n) is 4.88. The highest BCUT2D eigenvalue weighted by molar-refractivity contribution is 7.89. The number of methoxy groups -OCH3 is 1. The van der Waals surface area contributed by atoms with Gasteiger partial charge in [0, 0.05) is 37.9 Å². The molecule has 1 aliphatic heterocycles. The van der Waals surface area contributed by atoms with Gasteiger partial charge in [-0.1, -0.05) is 11.6 Å². The van der Waals surface area contributed by atoms with E-state index >= 15 is 0 Å². The van der Waals surface area contributed by atoms with Crippen LogP contribution in [-0.2, 0) is 10.0 Å². The third-order valence-corrected chi connectivity index (χ3v) is 7.07. The largest absolute Gasteiger partial charge is 0.495 e. The van der Waals surface area contributed by atoms with Crippen LogP contribution in [0.15, 0.2) is 35.5 Å². The van der Waals surface area contributed by atoms with E-state index in [2.05, 4.69) is 14.9 Å². The van der Waals surface area contributed by atoms with Gasteiger partial charge in [-0.15, -0.1) is 0 Å². The summed E-state index contributed by atoms with van der Waals surface area (Å²) in [7, 11) is -0.0990. The maximum atomic E-state index is 12.9. The van der Waals surface area contributed by atoms with Crippen molar-refractivity contribution in [3.05, 3.63) is 41.3 Å². The number of halogens is 1. The number of nitrogens with zero attached hydrogens (tertiary/aromatic N) is 4. The van der Waals surface area contributed by atoms with Crippen molar-refractivity contribution >= 4 is 27.4 Å². The molecule has 0 unspecified atom stereocenters. The molecule has 0 bridgehead atoms. The molecule has 3 rings (SSSR count). The van der Waals surface area contributed by atoms with Crippen molar-refractivity contribution in [3.8, 4) is 5.75 Å². The van der Waals surface area contributed by atoms with E-state index in [1.807, 2.05) is 20.0 Å². The van der Waals surface area contributed by atoms with E-state index in [0.29, 0.717) is 18.8 Å². The van der Waals surface area contributed by atoms with Crippen molar-refractivity contribution in [3.63, 3.8) is 0 Å². The smallest absolute Gasteiger partial charge is 0.243 e. The molecule has 1 saturated heterocycles. The molecule has 27 heavy (non-hydrogen) atoms. The number of aromatic nitrogens is 2. The Bertz CT molecular complexity index is 915. The third kappa shape index (κ3) is 4.17. The maximum Gasteiger partial charge on any atom is 0.243 e. The molecule has 2 aromatic rings. The molecule has 0 spiro atoms. The Labute approximate surface area is 165 Å². The zero-order chi connectivity index (χ0) is 19.6. The van der Waals surface area contributed by atoms with Gasteiger partial charge >= 0.3 is 0 Å². The fourth-order valence-corrected chi connectivity index (χ4v) is 5.07. The van der Waals surface area contributed by atoms with E-state index in [4.69, 9.17) is 16.3 Å². The van der Waals surface area contributed by atoms with Crippen molar-refractivity contribution in [1.29, 1.82) is 0 Å². The average Bonchev–Trinajstić information content (AvgIpc) is 2.67.